The Morgan fingerprint density at radius 1 is 1.10 bits per heavy atom. The van der Waals surface area contributed by atoms with Crippen molar-refractivity contribution < 1.29 is 22.8 Å². The van der Waals surface area contributed by atoms with Crippen molar-refractivity contribution in [2.24, 2.45) is 0 Å². The molecule has 5 nitrogen and oxygen atoms in total. The van der Waals surface area contributed by atoms with Crippen LogP contribution < -0.4 is 16.0 Å². The highest BCUT2D eigenvalue weighted by atomic mass is 35.5. The van der Waals surface area contributed by atoms with Crippen LogP contribution in [0.5, 0.6) is 0 Å². The number of halogens is 5. The van der Waals surface area contributed by atoms with Gasteiger partial charge in [0, 0.05) is 11.4 Å². The summed E-state index contributed by atoms with van der Waals surface area (Å²) in [6.45, 7) is 1.52. The highest BCUT2D eigenvalue weighted by molar-refractivity contribution is 6.42. The fourth-order valence-corrected chi connectivity index (χ4v) is 3.22. The summed E-state index contributed by atoms with van der Waals surface area (Å²) in [5.41, 5.74) is -0.0514. The van der Waals surface area contributed by atoms with Crippen LogP contribution in [0.4, 0.5) is 23.7 Å². The molecule has 0 unspecified atom stereocenters. The second kappa shape index (κ2) is 7.96. The number of anilines is 1. The van der Waals surface area contributed by atoms with Crippen LogP contribution >= 0.6 is 23.2 Å². The third-order valence-electron chi connectivity index (χ3n) is 4.24. The molecule has 2 aromatic carbocycles. The highest BCUT2D eigenvalue weighted by Crippen LogP contribution is 2.33. The molecule has 0 aliphatic carbocycles. The molecule has 3 N–H and O–H groups in total. The molecule has 0 saturated heterocycles. The van der Waals surface area contributed by atoms with Crippen LogP contribution in [0.2, 0.25) is 10.0 Å². The molecule has 2 aromatic rings. The Morgan fingerprint density at radius 3 is 2.48 bits per heavy atom. The van der Waals surface area contributed by atoms with Gasteiger partial charge in [-0.2, -0.15) is 13.2 Å². The van der Waals surface area contributed by atoms with Crippen LogP contribution in [0.25, 0.3) is 0 Å². The van der Waals surface area contributed by atoms with Crippen LogP contribution in [0.15, 0.2) is 53.7 Å². The van der Waals surface area contributed by atoms with Crippen molar-refractivity contribution in [1.29, 1.82) is 0 Å². The van der Waals surface area contributed by atoms with Crippen molar-refractivity contribution in [2.75, 3.05) is 5.32 Å². The Morgan fingerprint density at radius 2 is 1.83 bits per heavy atom. The van der Waals surface area contributed by atoms with Gasteiger partial charge in [-0.3, -0.25) is 4.79 Å². The van der Waals surface area contributed by atoms with Crippen molar-refractivity contribution in [3.05, 3.63) is 74.9 Å². The van der Waals surface area contributed by atoms with Gasteiger partial charge in [0.2, 0.25) is 0 Å². The fourth-order valence-electron chi connectivity index (χ4n) is 2.91. The van der Waals surface area contributed by atoms with E-state index >= 15 is 0 Å². The van der Waals surface area contributed by atoms with E-state index in [4.69, 9.17) is 23.2 Å². The van der Waals surface area contributed by atoms with E-state index in [-0.39, 0.29) is 22.0 Å². The number of hydrogen-bond donors (Lipinski definition) is 3. The van der Waals surface area contributed by atoms with Crippen LogP contribution in [-0.2, 0) is 11.0 Å². The van der Waals surface area contributed by atoms with E-state index in [2.05, 4.69) is 16.0 Å². The maximum atomic E-state index is 12.9. The average Bonchev–Trinajstić information content (AvgIpc) is 2.62. The molecule has 0 radical (unpaired) electrons. The maximum absolute atomic E-state index is 12.9. The Balaban J connectivity index is 1.95. The second-order valence-corrected chi connectivity index (χ2v) is 7.09. The van der Waals surface area contributed by atoms with E-state index in [1.165, 1.54) is 31.2 Å². The third-order valence-corrected chi connectivity index (χ3v) is 4.98. The number of nitrogens with one attached hydrogen (secondary N) is 3. The normalized spacial score (nSPS) is 16.9. The number of alkyl halides is 3. The number of hydrogen-bond acceptors (Lipinski definition) is 2. The minimum absolute atomic E-state index is 0.0325. The Hall–Kier alpha value is -2.71. The zero-order valence-electron chi connectivity index (χ0n) is 14.8. The Bertz CT molecular complexity index is 1020. The summed E-state index contributed by atoms with van der Waals surface area (Å²) in [6, 6.07) is 7.48. The lowest BCUT2D eigenvalue weighted by molar-refractivity contribution is -0.137. The van der Waals surface area contributed by atoms with Crippen molar-refractivity contribution >= 4 is 40.8 Å². The van der Waals surface area contributed by atoms with Crippen LogP contribution in [0.3, 0.4) is 0 Å². The van der Waals surface area contributed by atoms with E-state index in [9.17, 15) is 22.8 Å². The first-order chi connectivity index (χ1) is 13.6. The smallest absolute Gasteiger partial charge is 0.327 e. The van der Waals surface area contributed by atoms with E-state index in [0.717, 1.165) is 12.1 Å². The standard InChI is InChI=1S/C19H14Cl2F3N3O2/c1-9-15(17(28)26-12-4-2-3-11(8-12)19(22,23)24)16(27-18(29)25-9)10-5-6-13(20)14(21)7-10/h2-8,16H,1H3,(H,26,28)(H2,25,27,29)/t16-/m1/s1. The van der Waals surface area contributed by atoms with Crippen LogP contribution in [-0.4, -0.2) is 11.9 Å². The molecule has 0 aromatic heterocycles. The van der Waals surface area contributed by atoms with Crippen molar-refractivity contribution in [3.63, 3.8) is 0 Å². The fraction of sp³-hybridized carbons (Fsp3) is 0.158. The third kappa shape index (κ3) is 4.65. The molecule has 10 heteroatoms. The lowest BCUT2D eigenvalue weighted by Gasteiger charge is -2.29. The van der Waals surface area contributed by atoms with Gasteiger partial charge in [0.25, 0.3) is 5.91 Å². The largest absolute Gasteiger partial charge is 0.416 e. The minimum Gasteiger partial charge on any atom is -0.327 e. The van der Waals surface area contributed by atoms with Crippen molar-refractivity contribution in [3.8, 4) is 0 Å². The van der Waals surface area contributed by atoms with E-state index in [0.29, 0.717) is 10.6 Å². The predicted molar refractivity (Wildman–Crippen MR) is 104 cm³/mol. The molecule has 1 heterocycles. The topological polar surface area (TPSA) is 70.2 Å². The monoisotopic (exact) mass is 443 g/mol. The van der Waals surface area contributed by atoms with E-state index < -0.39 is 29.7 Å². The minimum atomic E-state index is -4.54. The summed E-state index contributed by atoms with van der Waals surface area (Å²) in [4.78, 5) is 24.8. The summed E-state index contributed by atoms with van der Waals surface area (Å²) >= 11 is 12.0. The molecular formula is C19H14Cl2F3N3O2. The van der Waals surface area contributed by atoms with Gasteiger partial charge in [-0.1, -0.05) is 35.3 Å². The quantitative estimate of drug-likeness (QED) is 0.603. The summed E-state index contributed by atoms with van der Waals surface area (Å²) in [5.74, 6) is -0.676. The molecule has 29 heavy (non-hydrogen) atoms. The van der Waals surface area contributed by atoms with Gasteiger partial charge < -0.3 is 16.0 Å². The molecule has 0 saturated carbocycles. The zero-order chi connectivity index (χ0) is 21.3. The number of benzene rings is 2. The molecule has 0 spiro atoms. The van der Waals surface area contributed by atoms with Gasteiger partial charge in [-0.15, -0.1) is 0 Å². The number of rotatable bonds is 3. The van der Waals surface area contributed by atoms with E-state index in [1.54, 1.807) is 6.07 Å². The molecule has 152 valence electrons. The molecule has 3 amide bonds. The molecule has 3 rings (SSSR count). The van der Waals surface area contributed by atoms with Crippen LogP contribution in [0, 0.1) is 0 Å². The highest BCUT2D eigenvalue weighted by Gasteiger charge is 2.33. The van der Waals surface area contributed by atoms with Gasteiger partial charge >= 0.3 is 12.2 Å². The number of allylic oxidation sites excluding steroid dienone is 1. The Kier molecular flexibility index (Phi) is 5.77. The van der Waals surface area contributed by atoms with Crippen LogP contribution in [0.1, 0.15) is 24.1 Å². The number of urea groups is 1. The Labute approximate surface area is 173 Å². The number of carbonyl (C=O) groups excluding carboxylic acids is 2. The summed E-state index contributed by atoms with van der Waals surface area (Å²) < 4.78 is 38.7. The predicted octanol–water partition coefficient (Wildman–Crippen LogP) is 5.28. The molecular weight excluding hydrogens is 430 g/mol. The second-order valence-electron chi connectivity index (χ2n) is 6.28. The van der Waals surface area contributed by atoms with E-state index in [1.807, 2.05) is 0 Å². The molecule has 1 atom stereocenters. The van der Waals surface area contributed by atoms with Crippen molar-refractivity contribution in [2.45, 2.75) is 19.1 Å². The number of carbonyl (C=O) groups is 2. The molecule has 0 bridgehead atoms. The van der Waals surface area contributed by atoms with Gasteiger partial charge in [-0.25, -0.2) is 4.79 Å². The lowest BCUT2D eigenvalue weighted by Crippen LogP contribution is -2.46. The first-order valence-corrected chi connectivity index (χ1v) is 9.03. The van der Waals surface area contributed by atoms with Gasteiger partial charge in [0.15, 0.2) is 0 Å². The van der Waals surface area contributed by atoms with Gasteiger partial charge in [0.1, 0.15) is 0 Å². The first-order valence-electron chi connectivity index (χ1n) is 8.28. The summed E-state index contributed by atoms with van der Waals surface area (Å²) in [5, 5.41) is 8.07. The average molecular weight is 444 g/mol. The molecule has 0 fully saturated rings. The molecule has 1 aliphatic rings. The summed E-state index contributed by atoms with van der Waals surface area (Å²) in [7, 11) is 0. The summed E-state index contributed by atoms with van der Waals surface area (Å²) in [6.07, 6.45) is -4.54. The van der Waals surface area contributed by atoms with Gasteiger partial charge in [-0.05, 0) is 42.8 Å². The molecule has 1 aliphatic heterocycles. The number of amides is 3. The SMILES string of the molecule is CC1=C(C(=O)Nc2cccc(C(F)(F)F)c2)[C@@H](c2ccc(Cl)c(Cl)c2)NC(=O)N1. The first kappa shape index (κ1) is 21.0. The maximum Gasteiger partial charge on any atom is 0.416 e. The van der Waals surface area contributed by atoms with Crippen molar-refractivity contribution in [1.82, 2.24) is 10.6 Å². The zero-order valence-corrected chi connectivity index (χ0v) is 16.3. The van der Waals surface area contributed by atoms with Gasteiger partial charge in [0.05, 0.1) is 27.2 Å². The lowest BCUT2D eigenvalue weighted by atomic mass is 9.95.